The van der Waals surface area contributed by atoms with E-state index in [1.54, 1.807) is 0 Å². The van der Waals surface area contributed by atoms with Gasteiger partial charge in [0.15, 0.2) is 0 Å². The molecular formula is C14H25N3. The third-order valence-electron chi connectivity index (χ3n) is 2.52. The van der Waals surface area contributed by atoms with E-state index in [0.29, 0.717) is 12.0 Å². The van der Waals surface area contributed by atoms with Crippen LogP contribution in [0.15, 0.2) is 12.3 Å². The zero-order valence-corrected chi connectivity index (χ0v) is 11.7. The Balaban J connectivity index is 2.72. The molecule has 3 heteroatoms. The van der Waals surface area contributed by atoms with Crippen molar-refractivity contribution in [3.05, 3.63) is 23.5 Å². The lowest BCUT2D eigenvalue weighted by Gasteiger charge is -2.15. The molecule has 1 heterocycles. The monoisotopic (exact) mass is 235 g/mol. The molecule has 0 saturated heterocycles. The first-order valence-corrected chi connectivity index (χ1v) is 6.41. The lowest BCUT2D eigenvalue weighted by Crippen LogP contribution is -2.23. The highest BCUT2D eigenvalue weighted by Gasteiger charge is 2.05. The molecule has 0 unspecified atom stereocenters. The quantitative estimate of drug-likeness (QED) is 0.796. The van der Waals surface area contributed by atoms with Crippen LogP contribution in [0.5, 0.6) is 0 Å². The van der Waals surface area contributed by atoms with Crippen molar-refractivity contribution in [3.63, 3.8) is 0 Å². The Labute approximate surface area is 105 Å². The second-order valence-electron chi connectivity index (χ2n) is 5.29. The van der Waals surface area contributed by atoms with E-state index in [4.69, 9.17) is 0 Å². The van der Waals surface area contributed by atoms with Gasteiger partial charge < -0.3 is 10.6 Å². The summed E-state index contributed by atoms with van der Waals surface area (Å²) in [5.74, 6) is 0.648. The molecule has 1 aromatic rings. The third kappa shape index (κ3) is 5.18. The van der Waals surface area contributed by atoms with Crippen LogP contribution in [-0.2, 0) is 6.54 Å². The van der Waals surface area contributed by atoms with Crippen LogP contribution in [0.1, 0.15) is 39.0 Å². The van der Waals surface area contributed by atoms with E-state index in [2.05, 4.69) is 49.4 Å². The van der Waals surface area contributed by atoms with Gasteiger partial charge in [0.05, 0.1) is 0 Å². The highest BCUT2D eigenvalue weighted by molar-refractivity contribution is 5.51. The smallest absolute Gasteiger partial charge is 0.0419 e. The van der Waals surface area contributed by atoms with Gasteiger partial charge in [0.25, 0.3) is 0 Å². The highest BCUT2D eigenvalue weighted by atomic mass is 14.9. The summed E-state index contributed by atoms with van der Waals surface area (Å²) in [6.45, 7) is 12.6. The van der Waals surface area contributed by atoms with E-state index in [0.717, 1.165) is 18.8 Å². The fourth-order valence-electron chi connectivity index (χ4n) is 1.52. The van der Waals surface area contributed by atoms with Gasteiger partial charge in [-0.15, -0.1) is 0 Å². The Morgan fingerprint density at radius 1 is 1.24 bits per heavy atom. The van der Waals surface area contributed by atoms with Crippen molar-refractivity contribution >= 4 is 5.69 Å². The maximum Gasteiger partial charge on any atom is 0.0419 e. The SMILES string of the molecule is Cc1cc(NCC(C)C)c(CNC(C)C)cn1. The molecule has 3 nitrogen and oxygen atoms in total. The molecule has 96 valence electrons. The van der Waals surface area contributed by atoms with Gasteiger partial charge in [-0.2, -0.15) is 0 Å². The van der Waals surface area contributed by atoms with Gasteiger partial charge in [0, 0.05) is 42.3 Å². The molecular weight excluding hydrogens is 210 g/mol. The van der Waals surface area contributed by atoms with E-state index in [1.807, 2.05) is 13.1 Å². The van der Waals surface area contributed by atoms with E-state index in [1.165, 1.54) is 11.3 Å². The van der Waals surface area contributed by atoms with Crippen LogP contribution in [0.4, 0.5) is 5.69 Å². The Kier molecular flexibility index (Phi) is 5.42. The van der Waals surface area contributed by atoms with Gasteiger partial charge >= 0.3 is 0 Å². The van der Waals surface area contributed by atoms with Crippen LogP contribution < -0.4 is 10.6 Å². The third-order valence-corrected chi connectivity index (χ3v) is 2.52. The normalized spacial score (nSPS) is 11.2. The molecule has 2 N–H and O–H groups in total. The number of anilines is 1. The first kappa shape index (κ1) is 14.0. The molecule has 1 aromatic heterocycles. The van der Waals surface area contributed by atoms with Crippen LogP contribution >= 0.6 is 0 Å². The minimum Gasteiger partial charge on any atom is -0.384 e. The summed E-state index contributed by atoms with van der Waals surface area (Å²) in [5.41, 5.74) is 3.51. The summed E-state index contributed by atoms with van der Waals surface area (Å²) in [6.07, 6.45) is 1.97. The summed E-state index contributed by atoms with van der Waals surface area (Å²) in [5, 5.41) is 6.93. The molecule has 1 rings (SSSR count). The molecule has 0 bridgehead atoms. The predicted octanol–water partition coefficient (Wildman–Crippen LogP) is 2.96. The summed E-state index contributed by atoms with van der Waals surface area (Å²) < 4.78 is 0. The van der Waals surface area contributed by atoms with Gasteiger partial charge in [-0.3, -0.25) is 4.98 Å². The van der Waals surface area contributed by atoms with Crippen LogP contribution in [0.3, 0.4) is 0 Å². The number of hydrogen-bond donors (Lipinski definition) is 2. The first-order valence-electron chi connectivity index (χ1n) is 6.41. The molecule has 0 fully saturated rings. The minimum absolute atomic E-state index is 0.495. The van der Waals surface area contributed by atoms with Crippen molar-refractivity contribution in [3.8, 4) is 0 Å². The zero-order valence-electron chi connectivity index (χ0n) is 11.7. The van der Waals surface area contributed by atoms with Crippen molar-refractivity contribution < 1.29 is 0 Å². The predicted molar refractivity (Wildman–Crippen MR) is 74.3 cm³/mol. The van der Waals surface area contributed by atoms with Gasteiger partial charge in [0.1, 0.15) is 0 Å². The molecule has 0 aliphatic carbocycles. The summed E-state index contributed by atoms with van der Waals surface area (Å²) in [7, 11) is 0. The number of rotatable bonds is 6. The van der Waals surface area contributed by atoms with Crippen molar-refractivity contribution in [2.45, 2.75) is 47.2 Å². The maximum atomic E-state index is 4.36. The van der Waals surface area contributed by atoms with Gasteiger partial charge in [-0.1, -0.05) is 27.7 Å². The largest absolute Gasteiger partial charge is 0.384 e. The summed E-state index contributed by atoms with van der Waals surface area (Å²) in [6, 6.07) is 2.62. The number of aryl methyl sites for hydroxylation is 1. The Bertz CT molecular complexity index is 345. The Hall–Kier alpha value is -1.09. The maximum absolute atomic E-state index is 4.36. The standard InChI is InChI=1S/C14H25N3/c1-10(2)7-17-14-6-12(5)16-9-13(14)8-15-11(3)4/h6,9-11,15H,7-8H2,1-5H3,(H,16,17). The van der Waals surface area contributed by atoms with Crippen molar-refractivity contribution in [2.24, 2.45) is 5.92 Å². The zero-order chi connectivity index (χ0) is 12.8. The second kappa shape index (κ2) is 6.60. The van der Waals surface area contributed by atoms with Crippen molar-refractivity contribution in [1.29, 1.82) is 0 Å². The van der Waals surface area contributed by atoms with Gasteiger partial charge in [0.2, 0.25) is 0 Å². The molecule has 0 aliphatic heterocycles. The minimum atomic E-state index is 0.495. The number of hydrogen-bond acceptors (Lipinski definition) is 3. The van der Waals surface area contributed by atoms with E-state index >= 15 is 0 Å². The van der Waals surface area contributed by atoms with E-state index in [9.17, 15) is 0 Å². The fourth-order valence-corrected chi connectivity index (χ4v) is 1.52. The lowest BCUT2D eigenvalue weighted by atomic mass is 10.1. The molecule has 0 amide bonds. The van der Waals surface area contributed by atoms with Crippen molar-refractivity contribution in [2.75, 3.05) is 11.9 Å². The van der Waals surface area contributed by atoms with Crippen LogP contribution in [0, 0.1) is 12.8 Å². The number of nitrogens with one attached hydrogen (secondary N) is 2. The molecule has 0 radical (unpaired) electrons. The number of pyridine rings is 1. The summed E-state index contributed by atoms with van der Waals surface area (Å²) >= 11 is 0. The molecule has 0 aromatic carbocycles. The molecule has 0 saturated carbocycles. The van der Waals surface area contributed by atoms with Gasteiger partial charge in [-0.25, -0.2) is 0 Å². The topological polar surface area (TPSA) is 37.0 Å². The lowest BCUT2D eigenvalue weighted by molar-refractivity contribution is 0.587. The Morgan fingerprint density at radius 2 is 1.94 bits per heavy atom. The second-order valence-corrected chi connectivity index (χ2v) is 5.29. The van der Waals surface area contributed by atoms with Crippen LogP contribution in [0.2, 0.25) is 0 Å². The van der Waals surface area contributed by atoms with Gasteiger partial charge in [-0.05, 0) is 18.9 Å². The van der Waals surface area contributed by atoms with E-state index in [-0.39, 0.29) is 0 Å². The number of aromatic nitrogens is 1. The average molecular weight is 235 g/mol. The van der Waals surface area contributed by atoms with Crippen LogP contribution in [0.25, 0.3) is 0 Å². The molecule has 0 spiro atoms. The molecule has 0 aliphatic rings. The molecule has 0 atom stereocenters. The summed E-state index contributed by atoms with van der Waals surface area (Å²) in [4.78, 5) is 4.36. The molecule has 17 heavy (non-hydrogen) atoms. The highest BCUT2D eigenvalue weighted by Crippen LogP contribution is 2.16. The Morgan fingerprint density at radius 3 is 2.53 bits per heavy atom. The average Bonchev–Trinajstić information content (AvgIpc) is 2.24. The fraction of sp³-hybridized carbons (Fsp3) is 0.643. The van der Waals surface area contributed by atoms with Crippen molar-refractivity contribution in [1.82, 2.24) is 10.3 Å². The van der Waals surface area contributed by atoms with Crippen LogP contribution in [-0.4, -0.2) is 17.6 Å². The van der Waals surface area contributed by atoms with E-state index < -0.39 is 0 Å². The first-order chi connectivity index (χ1) is 7.99. The number of nitrogens with zero attached hydrogens (tertiary/aromatic N) is 1.